The second-order valence-electron chi connectivity index (χ2n) is 5.30. The predicted octanol–water partition coefficient (Wildman–Crippen LogP) is 2.89. The lowest BCUT2D eigenvalue weighted by atomic mass is 10.0. The van der Waals surface area contributed by atoms with Gasteiger partial charge in [0.15, 0.2) is 11.3 Å². The SMILES string of the molecule is CC1c2nc(Cl)oc2CCN1C(=O)c1cc2ncc(Br)cn2n1. The molecule has 1 amide bonds. The molecule has 3 aromatic heterocycles. The second-order valence-corrected chi connectivity index (χ2v) is 6.54. The summed E-state index contributed by atoms with van der Waals surface area (Å²) < 4.78 is 7.72. The summed E-state index contributed by atoms with van der Waals surface area (Å²) in [6.45, 7) is 2.43. The van der Waals surface area contributed by atoms with Gasteiger partial charge in [0.1, 0.15) is 11.5 Å². The summed E-state index contributed by atoms with van der Waals surface area (Å²) in [6, 6.07) is 1.46. The number of carbonyl (C=O) groups excluding carboxylic acids is 1. The molecule has 0 saturated carbocycles. The highest BCUT2D eigenvalue weighted by Gasteiger charge is 2.33. The molecule has 0 N–H and O–H groups in total. The molecule has 4 rings (SSSR count). The Kier molecular flexibility index (Phi) is 3.38. The molecule has 0 spiro atoms. The van der Waals surface area contributed by atoms with E-state index < -0.39 is 0 Å². The number of carbonyl (C=O) groups is 1. The van der Waals surface area contributed by atoms with Crippen molar-refractivity contribution in [3.05, 3.63) is 45.4 Å². The highest BCUT2D eigenvalue weighted by molar-refractivity contribution is 9.10. The number of oxazole rings is 1. The van der Waals surface area contributed by atoms with Gasteiger partial charge in [0.25, 0.3) is 11.3 Å². The van der Waals surface area contributed by atoms with Crippen LogP contribution in [0.3, 0.4) is 0 Å². The van der Waals surface area contributed by atoms with E-state index in [0.29, 0.717) is 30.0 Å². The fourth-order valence-electron chi connectivity index (χ4n) is 2.79. The van der Waals surface area contributed by atoms with Crippen molar-refractivity contribution < 1.29 is 9.21 Å². The molecule has 0 radical (unpaired) electrons. The van der Waals surface area contributed by atoms with E-state index in [9.17, 15) is 4.79 Å². The average Bonchev–Trinajstić information content (AvgIpc) is 3.09. The summed E-state index contributed by atoms with van der Waals surface area (Å²) in [4.78, 5) is 22.9. The smallest absolute Gasteiger partial charge is 0.292 e. The van der Waals surface area contributed by atoms with Crippen LogP contribution in [0.5, 0.6) is 0 Å². The van der Waals surface area contributed by atoms with Crippen LogP contribution in [-0.4, -0.2) is 36.9 Å². The largest absolute Gasteiger partial charge is 0.432 e. The number of nitrogens with zero attached hydrogens (tertiary/aromatic N) is 5. The van der Waals surface area contributed by atoms with Crippen LogP contribution < -0.4 is 0 Å². The Morgan fingerprint density at radius 2 is 2.35 bits per heavy atom. The van der Waals surface area contributed by atoms with Gasteiger partial charge in [-0.05, 0) is 34.5 Å². The van der Waals surface area contributed by atoms with Crippen molar-refractivity contribution in [2.75, 3.05) is 6.54 Å². The van der Waals surface area contributed by atoms with Gasteiger partial charge in [-0.3, -0.25) is 4.79 Å². The highest BCUT2D eigenvalue weighted by atomic mass is 79.9. The number of fused-ring (bicyclic) bond motifs is 2. The van der Waals surface area contributed by atoms with Gasteiger partial charge in [-0.25, -0.2) is 14.5 Å². The minimum Gasteiger partial charge on any atom is -0.432 e. The molecule has 0 saturated heterocycles. The molecule has 0 aromatic carbocycles. The summed E-state index contributed by atoms with van der Waals surface area (Å²) >= 11 is 9.15. The Bertz CT molecular complexity index is 921. The zero-order valence-electron chi connectivity index (χ0n) is 12.0. The van der Waals surface area contributed by atoms with E-state index in [1.54, 1.807) is 27.9 Å². The van der Waals surface area contributed by atoms with Crippen LogP contribution in [0, 0.1) is 0 Å². The molecule has 9 heteroatoms. The van der Waals surface area contributed by atoms with Gasteiger partial charge in [0.05, 0.1) is 10.5 Å². The molecule has 7 nitrogen and oxygen atoms in total. The van der Waals surface area contributed by atoms with Crippen molar-refractivity contribution in [2.45, 2.75) is 19.4 Å². The van der Waals surface area contributed by atoms with Crippen LogP contribution in [0.2, 0.25) is 5.35 Å². The lowest BCUT2D eigenvalue weighted by Crippen LogP contribution is -2.39. The van der Waals surface area contributed by atoms with Gasteiger partial charge in [-0.2, -0.15) is 5.10 Å². The summed E-state index contributed by atoms with van der Waals surface area (Å²) in [5.41, 5.74) is 1.67. The third-order valence-electron chi connectivity index (χ3n) is 3.91. The first-order valence-electron chi connectivity index (χ1n) is 7.00. The fraction of sp³-hybridized carbons (Fsp3) is 0.286. The topological polar surface area (TPSA) is 76.5 Å². The van der Waals surface area contributed by atoms with Crippen LogP contribution >= 0.6 is 27.5 Å². The Balaban J connectivity index is 1.68. The molecular weight excluding hydrogens is 386 g/mol. The van der Waals surface area contributed by atoms with E-state index >= 15 is 0 Å². The maximum atomic E-state index is 12.8. The van der Waals surface area contributed by atoms with Crippen molar-refractivity contribution in [1.82, 2.24) is 24.5 Å². The van der Waals surface area contributed by atoms with Gasteiger partial charge in [-0.15, -0.1) is 0 Å². The third kappa shape index (κ3) is 2.42. The number of amides is 1. The minimum atomic E-state index is -0.216. The van der Waals surface area contributed by atoms with Gasteiger partial charge in [0, 0.05) is 31.4 Å². The molecule has 3 aromatic rings. The summed E-state index contributed by atoms with van der Waals surface area (Å²) in [5.74, 6) is 0.580. The van der Waals surface area contributed by atoms with E-state index in [0.717, 1.165) is 10.2 Å². The Hall–Kier alpha value is -1.93. The molecule has 118 valence electrons. The zero-order valence-corrected chi connectivity index (χ0v) is 14.4. The standard InChI is InChI=1S/C14H11BrClN5O2/c1-7-12-10(23-14(16)18-12)2-3-20(7)13(22)9-4-11-17-5-8(15)6-21(11)19-9/h4-7H,2-3H2,1H3. The zero-order chi connectivity index (χ0) is 16.1. The number of rotatable bonds is 1. The molecule has 1 atom stereocenters. The molecular formula is C14H11BrClN5O2. The summed E-state index contributed by atoms with van der Waals surface area (Å²) in [7, 11) is 0. The summed E-state index contributed by atoms with van der Waals surface area (Å²) in [6.07, 6.45) is 4.01. The number of hydrogen-bond acceptors (Lipinski definition) is 5. The number of hydrogen-bond donors (Lipinski definition) is 0. The average molecular weight is 397 g/mol. The molecule has 0 bridgehead atoms. The van der Waals surface area contributed by atoms with Crippen molar-refractivity contribution in [2.24, 2.45) is 0 Å². The Morgan fingerprint density at radius 1 is 1.52 bits per heavy atom. The molecule has 1 aliphatic heterocycles. The van der Waals surface area contributed by atoms with Gasteiger partial charge in [0.2, 0.25) is 0 Å². The first kappa shape index (κ1) is 14.6. The first-order chi connectivity index (χ1) is 11.0. The quantitative estimate of drug-likeness (QED) is 0.632. The molecule has 4 heterocycles. The lowest BCUT2D eigenvalue weighted by Gasteiger charge is -2.31. The van der Waals surface area contributed by atoms with Gasteiger partial charge >= 0.3 is 0 Å². The van der Waals surface area contributed by atoms with E-state index in [4.69, 9.17) is 16.0 Å². The fourth-order valence-corrected chi connectivity index (χ4v) is 3.27. The van der Waals surface area contributed by atoms with Crippen molar-refractivity contribution in [3.8, 4) is 0 Å². The Labute approximate surface area is 144 Å². The highest BCUT2D eigenvalue weighted by Crippen LogP contribution is 2.31. The van der Waals surface area contributed by atoms with Crippen LogP contribution in [0.1, 0.15) is 34.9 Å². The van der Waals surface area contributed by atoms with Gasteiger partial charge < -0.3 is 9.32 Å². The third-order valence-corrected chi connectivity index (χ3v) is 4.48. The van der Waals surface area contributed by atoms with Crippen molar-refractivity contribution >= 4 is 39.1 Å². The van der Waals surface area contributed by atoms with Crippen LogP contribution in [-0.2, 0) is 6.42 Å². The van der Waals surface area contributed by atoms with Crippen molar-refractivity contribution in [3.63, 3.8) is 0 Å². The van der Waals surface area contributed by atoms with Crippen LogP contribution in [0.15, 0.2) is 27.3 Å². The number of halogens is 2. The molecule has 0 aliphatic carbocycles. The number of aromatic nitrogens is 4. The van der Waals surface area contributed by atoms with E-state index in [2.05, 4.69) is 31.0 Å². The minimum absolute atomic E-state index is 0.109. The maximum Gasteiger partial charge on any atom is 0.292 e. The predicted molar refractivity (Wildman–Crippen MR) is 85.4 cm³/mol. The second kappa shape index (κ2) is 5.31. The molecule has 0 fully saturated rings. The van der Waals surface area contributed by atoms with Crippen LogP contribution in [0.4, 0.5) is 0 Å². The van der Waals surface area contributed by atoms with E-state index in [1.807, 2.05) is 6.92 Å². The molecule has 1 unspecified atom stereocenters. The van der Waals surface area contributed by atoms with E-state index in [1.165, 1.54) is 0 Å². The Morgan fingerprint density at radius 3 is 3.17 bits per heavy atom. The van der Waals surface area contributed by atoms with Crippen LogP contribution in [0.25, 0.3) is 5.65 Å². The molecule has 1 aliphatic rings. The van der Waals surface area contributed by atoms with Gasteiger partial charge in [-0.1, -0.05) is 0 Å². The van der Waals surface area contributed by atoms with Crippen molar-refractivity contribution in [1.29, 1.82) is 0 Å². The lowest BCUT2D eigenvalue weighted by molar-refractivity contribution is 0.0661. The monoisotopic (exact) mass is 395 g/mol. The molecule has 23 heavy (non-hydrogen) atoms. The van der Waals surface area contributed by atoms with E-state index in [-0.39, 0.29) is 17.3 Å². The summed E-state index contributed by atoms with van der Waals surface area (Å²) in [5, 5.41) is 4.42. The first-order valence-corrected chi connectivity index (χ1v) is 8.17. The maximum absolute atomic E-state index is 12.8. The normalized spacial score (nSPS) is 17.5.